The van der Waals surface area contributed by atoms with Gasteiger partial charge in [0.2, 0.25) is 0 Å². The minimum Gasteiger partial charge on any atom is -0.316 e. The zero-order chi connectivity index (χ0) is 10.0. The minimum absolute atomic E-state index is 0.731. The van der Waals surface area contributed by atoms with E-state index in [0.29, 0.717) is 0 Å². The maximum Gasteiger partial charge on any atom is 0.00106 e. The van der Waals surface area contributed by atoms with Crippen molar-refractivity contribution < 1.29 is 0 Å². The second kappa shape index (κ2) is 4.22. The van der Waals surface area contributed by atoms with E-state index >= 15 is 0 Å². The van der Waals surface area contributed by atoms with Crippen molar-refractivity contribution >= 4 is 0 Å². The van der Waals surface area contributed by atoms with Crippen LogP contribution in [0.2, 0.25) is 0 Å². The molecule has 2 aliphatic carbocycles. The fraction of sp³-hybridized carbons (Fsp3) is 1.00. The van der Waals surface area contributed by atoms with E-state index in [1.54, 1.807) is 0 Å². The molecule has 2 rings (SSSR count). The van der Waals surface area contributed by atoms with E-state index in [4.69, 9.17) is 0 Å². The van der Waals surface area contributed by atoms with E-state index in [-0.39, 0.29) is 0 Å². The highest BCUT2D eigenvalue weighted by Crippen LogP contribution is 2.54. The Labute approximate surface area is 88.7 Å². The average Bonchev–Trinajstić information content (AvgIpc) is 2.88. The third-order valence-corrected chi connectivity index (χ3v) is 4.07. The molecule has 0 bridgehead atoms. The molecule has 0 atom stereocenters. The molecule has 0 saturated heterocycles. The molecule has 14 heavy (non-hydrogen) atoms. The number of nitrogens with one attached hydrogen (secondary N) is 1. The number of rotatable bonds is 5. The average molecular weight is 195 g/mol. The fourth-order valence-electron chi connectivity index (χ4n) is 3.11. The predicted molar refractivity (Wildman–Crippen MR) is 61.3 cm³/mol. The van der Waals surface area contributed by atoms with Crippen LogP contribution in [0.5, 0.6) is 0 Å². The van der Waals surface area contributed by atoms with E-state index < -0.39 is 0 Å². The third kappa shape index (κ3) is 2.31. The molecule has 2 fully saturated rings. The summed E-state index contributed by atoms with van der Waals surface area (Å²) in [5, 5.41) is 3.69. The first-order chi connectivity index (χ1) is 6.73. The van der Waals surface area contributed by atoms with Crippen LogP contribution in [-0.2, 0) is 0 Å². The van der Waals surface area contributed by atoms with Crippen LogP contribution < -0.4 is 5.32 Å². The van der Waals surface area contributed by atoms with Crippen molar-refractivity contribution in [1.82, 2.24) is 5.32 Å². The van der Waals surface area contributed by atoms with E-state index in [2.05, 4.69) is 19.2 Å². The summed E-state index contributed by atoms with van der Waals surface area (Å²) in [4.78, 5) is 0. The lowest BCUT2D eigenvalue weighted by Gasteiger charge is -2.30. The molecule has 0 aromatic rings. The van der Waals surface area contributed by atoms with E-state index in [1.165, 1.54) is 51.6 Å². The van der Waals surface area contributed by atoms with Gasteiger partial charge in [-0.15, -0.1) is 0 Å². The zero-order valence-corrected chi connectivity index (χ0v) is 9.81. The molecule has 2 saturated carbocycles. The Morgan fingerprint density at radius 1 is 1.21 bits per heavy atom. The van der Waals surface area contributed by atoms with Gasteiger partial charge in [0.15, 0.2) is 0 Å². The van der Waals surface area contributed by atoms with Crippen LogP contribution in [0.3, 0.4) is 0 Å². The Bertz CT molecular complexity index is 176. The first kappa shape index (κ1) is 10.5. The van der Waals surface area contributed by atoms with Crippen molar-refractivity contribution in [2.24, 2.45) is 17.3 Å². The summed E-state index contributed by atoms with van der Waals surface area (Å²) in [6.07, 6.45) is 9.01. The first-order valence-corrected chi connectivity index (χ1v) is 6.44. The number of hydrogen-bond donors (Lipinski definition) is 1. The van der Waals surface area contributed by atoms with Crippen molar-refractivity contribution in [2.45, 2.75) is 52.4 Å². The predicted octanol–water partition coefficient (Wildman–Crippen LogP) is 3.20. The molecule has 1 N–H and O–H groups in total. The van der Waals surface area contributed by atoms with Gasteiger partial charge in [-0.3, -0.25) is 0 Å². The van der Waals surface area contributed by atoms with Gasteiger partial charge < -0.3 is 5.32 Å². The summed E-state index contributed by atoms with van der Waals surface area (Å²) in [7, 11) is 0. The topological polar surface area (TPSA) is 12.0 Å². The van der Waals surface area contributed by atoms with Crippen LogP contribution in [-0.4, -0.2) is 13.1 Å². The van der Waals surface area contributed by atoms with Crippen LogP contribution in [0.1, 0.15) is 52.4 Å². The van der Waals surface area contributed by atoms with Crippen LogP contribution in [0.4, 0.5) is 0 Å². The van der Waals surface area contributed by atoms with E-state index in [9.17, 15) is 0 Å². The molecule has 0 aliphatic heterocycles. The van der Waals surface area contributed by atoms with Gasteiger partial charge in [-0.05, 0) is 49.5 Å². The van der Waals surface area contributed by atoms with Gasteiger partial charge in [-0.25, -0.2) is 0 Å². The Hall–Kier alpha value is -0.0400. The van der Waals surface area contributed by atoms with Crippen molar-refractivity contribution in [3.05, 3.63) is 0 Å². The summed E-state index contributed by atoms with van der Waals surface area (Å²) < 4.78 is 0. The highest BCUT2D eigenvalue weighted by atomic mass is 14.9. The second-order valence-corrected chi connectivity index (χ2v) is 5.87. The molecule has 82 valence electrons. The van der Waals surface area contributed by atoms with Gasteiger partial charge in [0.25, 0.3) is 0 Å². The molecule has 0 aromatic carbocycles. The standard InChI is InChI=1S/C13H25N/c1-11(2)9-14-10-13(12-5-6-12)7-3-4-8-13/h11-12,14H,3-10H2,1-2H3. The second-order valence-electron chi connectivity index (χ2n) is 5.87. The van der Waals surface area contributed by atoms with Crippen LogP contribution >= 0.6 is 0 Å². The molecule has 0 spiro atoms. The Morgan fingerprint density at radius 2 is 1.86 bits per heavy atom. The fourth-order valence-corrected chi connectivity index (χ4v) is 3.11. The van der Waals surface area contributed by atoms with E-state index in [1.807, 2.05) is 0 Å². The summed E-state index contributed by atoms with van der Waals surface area (Å²) in [5.41, 5.74) is 0.731. The van der Waals surface area contributed by atoms with Gasteiger partial charge in [0, 0.05) is 6.54 Å². The molecular formula is C13H25N. The number of hydrogen-bond acceptors (Lipinski definition) is 1. The lowest BCUT2D eigenvalue weighted by molar-refractivity contribution is 0.232. The maximum absolute atomic E-state index is 3.69. The summed E-state index contributed by atoms with van der Waals surface area (Å²) >= 11 is 0. The smallest absolute Gasteiger partial charge is 0.00106 e. The monoisotopic (exact) mass is 195 g/mol. The molecule has 0 heterocycles. The lowest BCUT2D eigenvalue weighted by Crippen LogP contribution is -2.35. The molecular weight excluding hydrogens is 170 g/mol. The van der Waals surface area contributed by atoms with Crippen LogP contribution in [0, 0.1) is 17.3 Å². The highest BCUT2D eigenvalue weighted by Gasteiger charge is 2.46. The summed E-state index contributed by atoms with van der Waals surface area (Å²) in [6.45, 7) is 7.10. The van der Waals surface area contributed by atoms with Crippen molar-refractivity contribution in [1.29, 1.82) is 0 Å². The molecule has 1 heteroatoms. The minimum atomic E-state index is 0.731. The summed E-state index contributed by atoms with van der Waals surface area (Å²) in [6, 6.07) is 0. The maximum atomic E-state index is 3.69. The Morgan fingerprint density at radius 3 is 2.36 bits per heavy atom. The molecule has 0 amide bonds. The molecule has 0 radical (unpaired) electrons. The van der Waals surface area contributed by atoms with Crippen LogP contribution in [0.25, 0.3) is 0 Å². The Balaban J connectivity index is 1.79. The van der Waals surface area contributed by atoms with Gasteiger partial charge in [0.05, 0.1) is 0 Å². The normalized spacial score (nSPS) is 25.9. The van der Waals surface area contributed by atoms with Crippen LogP contribution in [0.15, 0.2) is 0 Å². The van der Waals surface area contributed by atoms with Crippen molar-refractivity contribution in [3.63, 3.8) is 0 Å². The third-order valence-electron chi connectivity index (χ3n) is 4.07. The van der Waals surface area contributed by atoms with Gasteiger partial charge in [-0.1, -0.05) is 26.7 Å². The SMILES string of the molecule is CC(C)CNCC1(C2CC2)CCCC1. The molecule has 0 unspecified atom stereocenters. The molecule has 1 nitrogen and oxygen atoms in total. The first-order valence-electron chi connectivity index (χ1n) is 6.44. The van der Waals surface area contributed by atoms with Crippen molar-refractivity contribution in [3.8, 4) is 0 Å². The summed E-state index contributed by atoms with van der Waals surface area (Å²) in [5.74, 6) is 1.89. The highest BCUT2D eigenvalue weighted by molar-refractivity contribution is 4.98. The zero-order valence-electron chi connectivity index (χ0n) is 9.81. The molecule has 0 aromatic heterocycles. The molecule has 2 aliphatic rings. The van der Waals surface area contributed by atoms with Gasteiger partial charge >= 0.3 is 0 Å². The largest absolute Gasteiger partial charge is 0.316 e. The van der Waals surface area contributed by atoms with Gasteiger partial charge in [0.1, 0.15) is 0 Å². The van der Waals surface area contributed by atoms with Crippen molar-refractivity contribution in [2.75, 3.05) is 13.1 Å². The lowest BCUT2D eigenvalue weighted by atomic mass is 9.81. The van der Waals surface area contributed by atoms with E-state index in [0.717, 1.165) is 17.3 Å². The van der Waals surface area contributed by atoms with Gasteiger partial charge in [-0.2, -0.15) is 0 Å². The quantitative estimate of drug-likeness (QED) is 0.710. The Kier molecular flexibility index (Phi) is 3.16.